The Morgan fingerprint density at radius 2 is 2.05 bits per heavy atom. The zero-order valence-electron chi connectivity index (χ0n) is 10.9. The van der Waals surface area contributed by atoms with Gasteiger partial charge in [-0.15, -0.1) is 0 Å². The molecule has 0 aliphatic rings. The number of carbonyl (C=O) groups excluding carboxylic acids is 1. The zero-order chi connectivity index (χ0) is 15.4. The van der Waals surface area contributed by atoms with Crippen molar-refractivity contribution in [3.05, 3.63) is 39.4 Å². The Bertz CT molecular complexity index is 536. The summed E-state index contributed by atoms with van der Waals surface area (Å²) in [6.45, 7) is 2.96. The van der Waals surface area contributed by atoms with Crippen molar-refractivity contribution in [2.24, 2.45) is 5.92 Å². The molecule has 0 fully saturated rings. The van der Waals surface area contributed by atoms with Crippen LogP contribution in [0.4, 0.5) is 14.5 Å². The van der Waals surface area contributed by atoms with E-state index in [0.29, 0.717) is 12.1 Å². The average molecular weight is 288 g/mol. The molecule has 0 saturated heterocycles. The van der Waals surface area contributed by atoms with Gasteiger partial charge < -0.3 is 10.4 Å². The molecule has 1 aromatic carbocycles. The maximum absolute atomic E-state index is 13.8. The molecule has 20 heavy (non-hydrogen) atoms. The van der Waals surface area contributed by atoms with Gasteiger partial charge in [-0.25, -0.2) is 4.39 Å². The van der Waals surface area contributed by atoms with E-state index >= 15 is 0 Å². The van der Waals surface area contributed by atoms with Gasteiger partial charge >= 0.3 is 5.69 Å². The van der Waals surface area contributed by atoms with Crippen LogP contribution in [0.2, 0.25) is 0 Å². The minimum atomic E-state index is -1.52. The summed E-state index contributed by atoms with van der Waals surface area (Å²) in [5.41, 5.74) is -1.98. The first-order valence-corrected chi connectivity index (χ1v) is 5.83. The van der Waals surface area contributed by atoms with Crippen molar-refractivity contribution in [3.63, 3.8) is 0 Å². The lowest BCUT2D eigenvalue weighted by Gasteiger charge is -2.19. The molecule has 2 unspecified atom stereocenters. The number of nitro groups is 1. The van der Waals surface area contributed by atoms with Gasteiger partial charge in [-0.05, 0) is 18.9 Å². The third-order valence-electron chi connectivity index (χ3n) is 2.99. The Kier molecular flexibility index (Phi) is 5.09. The van der Waals surface area contributed by atoms with Gasteiger partial charge in [0.05, 0.1) is 4.92 Å². The van der Waals surface area contributed by atoms with Crippen LogP contribution in [-0.4, -0.2) is 28.6 Å². The van der Waals surface area contributed by atoms with Crippen molar-refractivity contribution in [2.45, 2.75) is 19.9 Å². The van der Waals surface area contributed by atoms with Crippen LogP contribution in [0.25, 0.3) is 0 Å². The molecular weight excluding hydrogens is 274 g/mol. The summed E-state index contributed by atoms with van der Waals surface area (Å²) >= 11 is 0. The topological polar surface area (TPSA) is 92.5 Å². The van der Waals surface area contributed by atoms with Crippen LogP contribution in [0.3, 0.4) is 0 Å². The highest BCUT2D eigenvalue weighted by atomic mass is 19.1. The first-order valence-electron chi connectivity index (χ1n) is 5.83. The molecule has 0 bridgehead atoms. The standard InChI is InChI=1S/C12H14F2N2O4/c1-6(5-17)7(2)15-12(18)10-8(13)3-4-9(11(10)14)16(19)20/h3-4,6-7,17H,5H2,1-2H3,(H,15,18). The Balaban J connectivity index is 3.10. The first kappa shape index (κ1) is 16.0. The number of nitrogens with zero attached hydrogens (tertiary/aromatic N) is 1. The van der Waals surface area contributed by atoms with E-state index in [9.17, 15) is 23.7 Å². The maximum Gasteiger partial charge on any atom is 0.305 e. The molecule has 1 aromatic rings. The maximum atomic E-state index is 13.8. The number of aliphatic hydroxyl groups is 1. The Hall–Kier alpha value is -2.09. The van der Waals surface area contributed by atoms with Crippen molar-refractivity contribution in [1.82, 2.24) is 5.32 Å². The number of aliphatic hydroxyl groups excluding tert-OH is 1. The summed E-state index contributed by atoms with van der Waals surface area (Å²) in [7, 11) is 0. The van der Waals surface area contributed by atoms with E-state index in [1.165, 1.54) is 0 Å². The minimum absolute atomic E-state index is 0.221. The van der Waals surface area contributed by atoms with E-state index in [-0.39, 0.29) is 12.5 Å². The molecule has 0 aromatic heterocycles. The third kappa shape index (κ3) is 3.27. The molecule has 1 amide bonds. The molecule has 0 saturated carbocycles. The second kappa shape index (κ2) is 6.38. The van der Waals surface area contributed by atoms with Crippen LogP contribution in [0.15, 0.2) is 12.1 Å². The summed E-state index contributed by atoms with van der Waals surface area (Å²) in [4.78, 5) is 21.3. The molecule has 0 heterocycles. The van der Waals surface area contributed by atoms with E-state index in [1.807, 2.05) is 0 Å². The summed E-state index contributed by atoms with van der Waals surface area (Å²) in [6.07, 6.45) is 0. The number of hydrogen-bond acceptors (Lipinski definition) is 4. The molecule has 0 spiro atoms. The van der Waals surface area contributed by atoms with Crippen molar-refractivity contribution < 1.29 is 23.6 Å². The lowest BCUT2D eigenvalue weighted by molar-refractivity contribution is -0.387. The SMILES string of the molecule is CC(CO)C(C)NC(=O)c1c(F)ccc([N+](=O)[O-])c1F. The smallest absolute Gasteiger partial charge is 0.305 e. The highest BCUT2D eigenvalue weighted by Crippen LogP contribution is 2.23. The van der Waals surface area contributed by atoms with Crippen LogP contribution in [0.1, 0.15) is 24.2 Å². The number of halogens is 2. The van der Waals surface area contributed by atoms with Crippen LogP contribution in [-0.2, 0) is 0 Å². The highest BCUT2D eigenvalue weighted by Gasteiger charge is 2.27. The van der Waals surface area contributed by atoms with Gasteiger partial charge in [0.2, 0.25) is 5.82 Å². The normalized spacial score (nSPS) is 13.7. The fraction of sp³-hybridized carbons (Fsp3) is 0.417. The Labute approximate surface area is 113 Å². The molecule has 2 atom stereocenters. The number of nitrogens with one attached hydrogen (secondary N) is 1. The summed E-state index contributed by atoms with van der Waals surface area (Å²) in [5.74, 6) is -4.13. The first-order chi connectivity index (χ1) is 9.29. The van der Waals surface area contributed by atoms with Gasteiger partial charge in [0.15, 0.2) is 0 Å². The van der Waals surface area contributed by atoms with Crippen molar-refractivity contribution in [2.75, 3.05) is 6.61 Å². The molecule has 8 heteroatoms. The molecule has 0 aliphatic heterocycles. The fourth-order valence-electron chi connectivity index (χ4n) is 1.47. The monoisotopic (exact) mass is 288 g/mol. The molecule has 2 N–H and O–H groups in total. The second-order valence-electron chi connectivity index (χ2n) is 4.43. The minimum Gasteiger partial charge on any atom is -0.396 e. The van der Waals surface area contributed by atoms with E-state index in [0.717, 1.165) is 0 Å². The predicted molar refractivity (Wildman–Crippen MR) is 66.2 cm³/mol. The van der Waals surface area contributed by atoms with Crippen molar-refractivity contribution in [1.29, 1.82) is 0 Å². The molecule has 6 nitrogen and oxygen atoms in total. The van der Waals surface area contributed by atoms with Gasteiger partial charge in [0, 0.05) is 18.7 Å². The quantitative estimate of drug-likeness (QED) is 0.636. The lowest BCUT2D eigenvalue weighted by atomic mass is 10.0. The molecule has 110 valence electrons. The van der Waals surface area contributed by atoms with Crippen LogP contribution in [0, 0.1) is 27.7 Å². The summed E-state index contributed by atoms with van der Waals surface area (Å²) in [5, 5.41) is 21.8. The number of benzene rings is 1. The van der Waals surface area contributed by atoms with Gasteiger partial charge in [-0.2, -0.15) is 4.39 Å². The molecular formula is C12H14F2N2O4. The van der Waals surface area contributed by atoms with Gasteiger partial charge in [0.1, 0.15) is 11.4 Å². The van der Waals surface area contributed by atoms with Gasteiger partial charge in [-0.3, -0.25) is 14.9 Å². The van der Waals surface area contributed by atoms with Crippen LogP contribution >= 0.6 is 0 Å². The number of amides is 1. The molecule has 1 rings (SSSR count). The van der Waals surface area contributed by atoms with E-state index in [4.69, 9.17) is 5.11 Å². The van der Waals surface area contributed by atoms with E-state index in [1.54, 1.807) is 13.8 Å². The number of carbonyl (C=O) groups is 1. The zero-order valence-corrected chi connectivity index (χ0v) is 10.9. The number of hydrogen-bond donors (Lipinski definition) is 2. The van der Waals surface area contributed by atoms with Crippen LogP contribution < -0.4 is 5.32 Å². The average Bonchev–Trinajstić information content (AvgIpc) is 2.37. The lowest BCUT2D eigenvalue weighted by Crippen LogP contribution is -2.39. The van der Waals surface area contributed by atoms with E-state index in [2.05, 4.69) is 5.32 Å². The predicted octanol–water partition coefficient (Wildman–Crippen LogP) is 1.62. The molecule has 0 aliphatic carbocycles. The fourth-order valence-corrected chi connectivity index (χ4v) is 1.47. The van der Waals surface area contributed by atoms with Crippen molar-refractivity contribution >= 4 is 11.6 Å². The van der Waals surface area contributed by atoms with Crippen LogP contribution in [0.5, 0.6) is 0 Å². The second-order valence-corrected chi connectivity index (χ2v) is 4.43. The van der Waals surface area contributed by atoms with Gasteiger partial charge in [-0.1, -0.05) is 6.92 Å². The number of nitro benzene ring substituents is 1. The Morgan fingerprint density at radius 1 is 1.45 bits per heavy atom. The van der Waals surface area contributed by atoms with Gasteiger partial charge in [0.25, 0.3) is 5.91 Å². The number of rotatable bonds is 5. The highest BCUT2D eigenvalue weighted by molar-refractivity contribution is 5.95. The Morgan fingerprint density at radius 3 is 2.55 bits per heavy atom. The molecule has 0 radical (unpaired) electrons. The van der Waals surface area contributed by atoms with Crippen molar-refractivity contribution in [3.8, 4) is 0 Å². The largest absolute Gasteiger partial charge is 0.396 e. The summed E-state index contributed by atoms with van der Waals surface area (Å²) in [6, 6.07) is 0.767. The van der Waals surface area contributed by atoms with E-state index < -0.39 is 39.8 Å². The third-order valence-corrected chi connectivity index (χ3v) is 2.99. The summed E-state index contributed by atoms with van der Waals surface area (Å²) < 4.78 is 27.3.